The van der Waals surface area contributed by atoms with Crippen molar-refractivity contribution in [2.24, 2.45) is 0 Å². The normalized spacial score (nSPS) is 30.6. The molecule has 0 aromatic heterocycles. The highest BCUT2D eigenvalue weighted by atomic mass is 16.5. The fraction of sp³-hybridized carbons (Fsp3) is 0.800. The molecule has 0 amide bonds. The van der Waals surface area contributed by atoms with Crippen LogP contribution in [0, 0.1) is 0 Å². The highest BCUT2D eigenvalue weighted by Gasteiger charge is 2.16. The van der Waals surface area contributed by atoms with E-state index < -0.39 is 6.10 Å². The Labute approximate surface area is 47.3 Å². The van der Waals surface area contributed by atoms with Crippen molar-refractivity contribution in [3.05, 3.63) is 0 Å². The van der Waals surface area contributed by atoms with Crippen molar-refractivity contribution in [3.63, 3.8) is 0 Å². The zero-order chi connectivity index (χ0) is 5.98. The van der Waals surface area contributed by atoms with E-state index in [2.05, 4.69) is 0 Å². The SMILES string of the molecule is O=C1COCC(O)C1. The summed E-state index contributed by atoms with van der Waals surface area (Å²) in [6, 6.07) is 0. The summed E-state index contributed by atoms with van der Waals surface area (Å²) in [4.78, 5) is 10.4. The molecular weight excluding hydrogens is 108 g/mol. The van der Waals surface area contributed by atoms with Gasteiger partial charge in [0.2, 0.25) is 0 Å². The molecule has 1 unspecified atom stereocenters. The third kappa shape index (κ3) is 1.28. The first-order valence-electron chi connectivity index (χ1n) is 2.56. The lowest BCUT2D eigenvalue weighted by atomic mass is 10.2. The zero-order valence-electron chi connectivity index (χ0n) is 4.46. The molecular formula is C5H8O3. The first-order chi connectivity index (χ1) is 3.79. The maximum Gasteiger partial charge on any atom is 0.161 e. The monoisotopic (exact) mass is 116 g/mol. The molecule has 1 saturated heterocycles. The Morgan fingerprint density at radius 2 is 2.50 bits per heavy atom. The summed E-state index contributed by atoms with van der Waals surface area (Å²) in [5.41, 5.74) is 0. The van der Waals surface area contributed by atoms with Crippen LogP contribution in [-0.2, 0) is 9.53 Å². The molecule has 1 heterocycles. The third-order valence-electron chi connectivity index (χ3n) is 1.04. The van der Waals surface area contributed by atoms with Crippen molar-refractivity contribution in [2.45, 2.75) is 12.5 Å². The number of aliphatic hydroxyl groups excluding tert-OH is 1. The Balaban J connectivity index is 2.34. The van der Waals surface area contributed by atoms with Crippen molar-refractivity contribution in [1.29, 1.82) is 0 Å². The molecule has 3 heteroatoms. The Morgan fingerprint density at radius 3 is 2.88 bits per heavy atom. The minimum Gasteiger partial charge on any atom is -0.390 e. The summed E-state index contributed by atoms with van der Waals surface area (Å²) < 4.78 is 4.69. The van der Waals surface area contributed by atoms with E-state index >= 15 is 0 Å². The van der Waals surface area contributed by atoms with Crippen molar-refractivity contribution < 1.29 is 14.6 Å². The van der Waals surface area contributed by atoms with Gasteiger partial charge in [-0.1, -0.05) is 0 Å². The fourth-order valence-electron chi connectivity index (χ4n) is 0.689. The van der Waals surface area contributed by atoms with Crippen LogP contribution in [0.3, 0.4) is 0 Å². The number of carbonyl (C=O) groups is 1. The molecule has 0 bridgehead atoms. The van der Waals surface area contributed by atoms with Gasteiger partial charge in [0.05, 0.1) is 12.7 Å². The van der Waals surface area contributed by atoms with Crippen LogP contribution in [-0.4, -0.2) is 30.2 Å². The number of ketones is 1. The van der Waals surface area contributed by atoms with E-state index in [0.717, 1.165) is 0 Å². The molecule has 1 atom stereocenters. The third-order valence-corrected chi connectivity index (χ3v) is 1.04. The van der Waals surface area contributed by atoms with Crippen molar-refractivity contribution in [2.75, 3.05) is 13.2 Å². The van der Waals surface area contributed by atoms with E-state index in [1.165, 1.54) is 0 Å². The van der Waals surface area contributed by atoms with Gasteiger partial charge in [0.15, 0.2) is 5.78 Å². The number of Topliss-reactive ketones (excluding diaryl/α,β-unsaturated/α-hetero) is 1. The first-order valence-corrected chi connectivity index (χ1v) is 2.56. The average Bonchev–Trinajstić information content (AvgIpc) is 1.64. The van der Waals surface area contributed by atoms with Crippen molar-refractivity contribution >= 4 is 5.78 Å². The molecule has 0 aromatic rings. The summed E-state index contributed by atoms with van der Waals surface area (Å²) in [6.07, 6.45) is -0.295. The number of ether oxygens (including phenoxy) is 1. The summed E-state index contributed by atoms with van der Waals surface area (Å²) in [6.45, 7) is 0.489. The molecule has 1 aliphatic rings. The summed E-state index contributed by atoms with van der Waals surface area (Å²) in [7, 11) is 0. The molecule has 46 valence electrons. The van der Waals surface area contributed by atoms with Gasteiger partial charge in [0.25, 0.3) is 0 Å². The van der Waals surface area contributed by atoms with Crippen LogP contribution in [0.4, 0.5) is 0 Å². The number of aliphatic hydroxyl groups is 1. The minimum atomic E-state index is -0.559. The maximum atomic E-state index is 10.4. The van der Waals surface area contributed by atoms with Gasteiger partial charge in [-0.15, -0.1) is 0 Å². The van der Waals surface area contributed by atoms with Gasteiger partial charge in [-0.05, 0) is 0 Å². The fourth-order valence-corrected chi connectivity index (χ4v) is 0.689. The second kappa shape index (κ2) is 2.24. The highest BCUT2D eigenvalue weighted by molar-refractivity contribution is 5.80. The molecule has 0 aliphatic carbocycles. The van der Waals surface area contributed by atoms with Gasteiger partial charge < -0.3 is 9.84 Å². The van der Waals surface area contributed by atoms with Gasteiger partial charge in [-0.3, -0.25) is 4.79 Å². The van der Waals surface area contributed by atoms with Crippen LogP contribution >= 0.6 is 0 Å². The van der Waals surface area contributed by atoms with Crippen LogP contribution in [0.5, 0.6) is 0 Å². The van der Waals surface area contributed by atoms with Crippen molar-refractivity contribution in [1.82, 2.24) is 0 Å². The van der Waals surface area contributed by atoms with Crippen LogP contribution in [0.15, 0.2) is 0 Å². The van der Waals surface area contributed by atoms with E-state index in [0.29, 0.717) is 6.61 Å². The van der Waals surface area contributed by atoms with Crippen LogP contribution in [0.25, 0.3) is 0 Å². The molecule has 0 spiro atoms. The van der Waals surface area contributed by atoms with E-state index in [9.17, 15) is 4.79 Å². The van der Waals surface area contributed by atoms with E-state index in [1.807, 2.05) is 0 Å². The van der Waals surface area contributed by atoms with Crippen LogP contribution in [0.2, 0.25) is 0 Å². The predicted molar refractivity (Wildman–Crippen MR) is 26.4 cm³/mol. The quantitative estimate of drug-likeness (QED) is 0.457. The van der Waals surface area contributed by atoms with Crippen LogP contribution in [0.1, 0.15) is 6.42 Å². The van der Waals surface area contributed by atoms with Gasteiger partial charge in [0.1, 0.15) is 6.61 Å². The summed E-state index contributed by atoms with van der Waals surface area (Å²) in [5.74, 6) is -0.0104. The molecule has 0 saturated carbocycles. The number of hydrogen-bond donors (Lipinski definition) is 1. The molecule has 1 aliphatic heterocycles. The molecule has 3 nitrogen and oxygen atoms in total. The smallest absolute Gasteiger partial charge is 0.161 e. The average molecular weight is 116 g/mol. The number of hydrogen-bond acceptors (Lipinski definition) is 3. The minimum absolute atomic E-state index is 0.0104. The van der Waals surface area contributed by atoms with Gasteiger partial charge in [0, 0.05) is 6.42 Å². The molecule has 0 radical (unpaired) electrons. The predicted octanol–water partition coefficient (Wildman–Crippen LogP) is -0.663. The molecule has 1 N–H and O–H groups in total. The van der Waals surface area contributed by atoms with E-state index in [4.69, 9.17) is 9.84 Å². The van der Waals surface area contributed by atoms with Gasteiger partial charge in [-0.2, -0.15) is 0 Å². The summed E-state index contributed by atoms with van der Waals surface area (Å²) >= 11 is 0. The maximum absolute atomic E-state index is 10.4. The Bertz CT molecular complexity index is 99.8. The Kier molecular flexibility index (Phi) is 1.60. The first kappa shape index (κ1) is 5.72. The largest absolute Gasteiger partial charge is 0.390 e. The number of carbonyl (C=O) groups excluding carboxylic acids is 1. The van der Waals surface area contributed by atoms with Crippen LogP contribution < -0.4 is 0 Å². The Morgan fingerprint density at radius 1 is 1.75 bits per heavy atom. The second-order valence-corrected chi connectivity index (χ2v) is 1.91. The molecule has 1 rings (SSSR count). The van der Waals surface area contributed by atoms with Crippen molar-refractivity contribution in [3.8, 4) is 0 Å². The zero-order valence-corrected chi connectivity index (χ0v) is 4.46. The van der Waals surface area contributed by atoms with Gasteiger partial charge >= 0.3 is 0 Å². The highest BCUT2D eigenvalue weighted by Crippen LogP contribution is 2.00. The molecule has 0 aromatic carbocycles. The van der Waals surface area contributed by atoms with E-state index in [1.54, 1.807) is 0 Å². The van der Waals surface area contributed by atoms with E-state index in [-0.39, 0.29) is 18.8 Å². The van der Waals surface area contributed by atoms with Gasteiger partial charge in [-0.25, -0.2) is 0 Å². The standard InChI is InChI=1S/C5H8O3/c6-4-1-5(7)3-8-2-4/h4,6H,1-3H2. The lowest BCUT2D eigenvalue weighted by Gasteiger charge is -2.14. The molecule has 8 heavy (non-hydrogen) atoms. The topological polar surface area (TPSA) is 46.5 Å². The summed E-state index contributed by atoms with van der Waals surface area (Å²) in [5, 5.41) is 8.73. The molecule has 1 fully saturated rings. The lowest BCUT2D eigenvalue weighted by Crippen LogP contribution is -2.29. The Hall–Kier alpha value is -0.410. The lowest BCUT2D eigenvalue weighted by molar-refractivity contribution is -0.133. The number of rotatable bonds is 0. The second-order valence-electron chi connectivity index (χ2n) is 1.91.